The minimum absolute atomic E-state index is 0.295. The van der Waals surface area contributed by atoms with Crippen LogP contribution >= 0.6 is 0 Å². The molecule has 26 heavy (non-hydrogen) atoms. The van der Waals surface area contributed by atoms with Crippen molar-refractivity contribution in [2.24, 2.45) is 0 Å². The summed E-state index contributed by atoms with van der Waals surface area (Å²) in [4.78, 5) is 37.5. The Morgan fingerprint density at radius 2 is 2.12 bits per heavy atom. The quantitative estimate of drug-likeness (QED) is 0.595. The predicted molar refractivity (Wildman–Crippen MR) is 90.9 cm³/mol. The number of hydrogen-bond donors (Lipinski definition) is 2. The molecule has 140 valence electrons. The van der Waals surface area contributed by atoms with Crippen molar-refractivity contribution in [1.82, 2.24) is 9.55 Å². The number of ether oxygens (including phenoxy) is 3. The van der Waals surface area contributed by atoms with E-state index in [1.165, 1.54) is 0 Å². The molecule has 0 aliphatic heterocycles. The van der Waals surface area contributed by atoms with Crippen molar-refractivity contribution < 1.29 is 26.9 Å². The molecular weight excluding hydrogens is 344 g/mol. The molecule has 2 rings (SSSR count). The number of aromatic amines is 1. The zero-order valence-corrected chi connectivity index (χ0v) is 13.7. The molecule has 0 fully saturated rings. The van der Waals surface area contributed by atoms with Gasteiger partial charge in [-0.1, -0.05) is 18.2 Å². The number of rotatable bonds is 9. The van der Waals surface area contributed by atoms with Gasteiger partial charge in [-0.2, -0.15) is 0 Å². The topological polar surface area (TPSA) is 120 Å². The maximum atomic E-state index is 12.1. The summed E-state index contributed by atoms with van der Waals surface area (Å²) in [6, 6.07) is 9.25. The average molecular weight is 367 g/mol. The van der Waals surface area contributed by atoms with Crippen molar-refractivity contribution in [3.63, 3.8) is 0 Å². The Kier molecular flexibility index (Phi) is 6.21. The first-order valence-electron chi connectivity index (χ1n) is 8.82. The first kappa shape index (κ1) is 16.7. The van der Waals surface area contributed by atoms with E-state index in [1.807, 2.05) is 0 Å². The van der Waals surface area contributed by atoms with E-state index in [1.54, 1.807) is 30.3 Å². The van der Waals surface area contributed by atoms with E-state index in [9.17, 15) is 19.5 Å². The Hall–Kier alpha value is -2.75. The van der Waals surface area contributed by atoms with Crippen LogP contribution in [0.4, 0.5) is 0 Å². The highest BCUT2D eigenvalue weighted by atomic mass is 16.6. The fourth-order valence-corrected chi connectivity index (χ4v) is 2.11. The molecule has 9 nitrogen and oxygen atoms in total. The third-order valence-corrected chi connectivity index (χ3v) is 3.36. The Morgan fingerprint density at radius 3 is 2.77 bits per heavy atom. The molecule has 0 aliphatic carbocycles. The molecule has 3 atom stereocenters. The minimum atomic E-state index is -1.58. The van der Waals surface area contributed by atoms with Gasteiger partial charge in [-0.05, 0) is 12.1 Å². The van der Waals surface area contributed by atoms with Crippen LogP contribution in [0, 0.1) is 0 Å². The van der Waals surface area contributed by atoms with Gasteiger partial charge >= 0.3 is 11.7 Å². The van der Waals surface area contributed by atoms with Crippen LogP contribution in [0.3, 0.4) is 0 Å². The van der Waals surface area contributed by atoms with Gasteiger partial charge < -0.3 is 19.3 Å². The Labute approximate surface area is 151 Å². The molecule has 0 aliphatic rings. The molecule has 0 bridgehead atoms. The van der Waals surface area contributed by atoms with Gasteiger partial charge in [0.1, 0.15) is 12.7 Å². The van der Waals surface area contributed by atoms with Crippen LogP contribution in [-0.2, 0) is 14.2 Å². The maximum Gasteiger partial charge on any atom is 0.338 e. The van der Waals surface area contributed by atoms with Gasteiger partial charge in [0, 0.05) is 19.3 Å². The Bertz CT molecular complexity index is 870. The lowest BCUT2D eigenvalue weighted by Gasteiger charge is -2.24. The summed E-state index contributed by atoms with van der Waals surface area (Å²) in [5.41, 5.74) is -1.12. The van der Waals surface area contributed by atoms with E-state index in [0.29, 0.717) is 5.56 Å². The third-order valence-electron chi connectivity index (χ3n) is 3.36. The molecule has 0 amide bonds. The van der Waals surface area contributed by atoms with Crippen LogP contribution in [0.2, 0.25) is 0 Å². The van der Waals surface area contributed by atoms with Crippen molar-refractivity contribution in [3.05, 3.63) is 69.0 Å². The molecule has 0 saturated carbocycles. The number of benzene rings is 1. The lowest BCUT2D eigenvalue weighted by atomic mass is 10.2. The minimum Gasteiger partial charge on any atom is -0.457 e. The summed E-state index contributed by atoms with van der Waals surface area (Å²) in [5.74, 6) is -0.652. The lowest BCUT2D eigenvalue weighted by Crippen LogP contribution is -2.38. The van der Waals surface area contributed by atoms with Gasteiger partial charge in [0.25, 0.3) is 5.56 Å². The van der Waals surface area contributed by atoms with Crippen LogP contribution in [0.5, 0.6) is 0 Å². The van der Waals surface area contributed by atoms with E-state index < -0.39 is 49.8 Å². The summed E-state index contributed by atoms with van der Waals surface area (Å²) >= 11 is 0. The number of esters is 1. The monoisotopic (exact) mass is 367 g/mol. The molecule has 1 aromatic carbocycles. The van der Waals surface area contributed by atoms with Crippen LogP contribution in [0.1, 0.15) is 19.3 Å². The summed E-state index contributed by atoms with van der Waals surface area (Å²) < 4.78 is 30.6. The number of carbonyl (C=O) groups is 1. The molecule has 2 aromatic rings. The molecule has 1 aromatic heterocycles. The number of aromatic nitrogens is 2. The van der Waals surface area contributed by atoms with E-state index >= 15 is 0 Å². The zero-order chi connectivity index (χ0) is 20.5. The van der Waals surface area contributed by atoms with Crippen LogP contribution in [0.15, 0.2) is 52.2 Å². The first-order valence-corrected chi connectivity index (χ1v) is 7.66. The average Bonchev–Trinajstić information content (AvgIpc) is 2.68. The molecule has 0 radical (unpaired) electrons. The number of nitrogens with one attached hydrogen (secondary N) is 1. The van der Waals surface area contributed by atoms with Crippen molar-refractivity contribution >= 4 is 5.97 Å². The highest BCUT2D eigenvalue weighted by Gasteiger charge is 2.21. The standard InChI is InChI=1S/C17H20N2O7/c1-24-10-13(9-20)26-15(19-8-7-14(21)18-17(19)23)11-25-16(22)12-5-3-2-4-6-12/h2-8,13,15,20H,9-11H2,1H3,(H,18,21,23)/t13-,15+/m0/s1/i1TD/t1?,13-,15+. The van der Waals surface area contributed by atoms with Gasteiger partial charge in [-0.15, -0.1) is 0 Å². The highest BCUT2D eigenvalue weighted by Crippen LogP contribution is 2.12. The number of aliphatic hydroxyl groups excluding tert-OH is 1. The second-order valence-corrected chi connectivity index (χ2v) is 5.21. The van der Waals surface area contributed by atoms with Crippen LogP contribution in [-0.4, -0.2) is 53.6 Å². The van der Waals surface area contributed by atoms with Crippen molar-refractivity contribution in [3.8, 4) is 0 Å². The zero-order valence-electron chi connectivity index (χ0n) is 15.7. The second kappa shape index (κ2) is 9.66. The maximum absolute atomic E-state index is 12.1. The molecule has 9 heteroatoms. The third kappa shape index (κ3) is 5.38. The molecule has 2 N–H and O–H groups in total. The fraction of sp³-hybridized carbons (Fsp3) is 0.353. The molecule has 1 unspecified atom stereocenters. The van der Waals surface area contributed by atoms with Gasteiger partial charge in [-0.25, -0.2) is 9.59 Å². The molecule has 1 heterocycles. The van der Waals surface area contributed by atoms with Gasteiger partial charge in [0.2, 0.25) is 0 Å². The number of H-pyrrole nitrogens is 1. The van der Waals surface area contributed by atoms with Gasteiger partial charge in [-0.3, -0.25) is 14.3 Å². The van der Waals surface area contributed by atoms with E-state index in [4.69, 9.17) is 17.0 Å². The van der Waals surface area contributed by atoms with Crippen LogP contribution in [0.25, 0.3) is 0 Å². The van der Waals surface area contributed by atoms with E-state index in [0.717, 1.165) is 16.8 Å². The van der Waals surface area contributed by atoms with Crippen molar-refractivity contribution in [2.45, 2.75) is 12.3 Å². The highest BCUT2D eigenvalue weighted by molar-refractivity contribution is 5.89. The predicted octanol–water partition coefficient (Wildman–Crippen LogP) is -0.0839. The van der Waals surface area contributed by atoms with Crippen molar-refractivity contribution in [2.75, 3.05) is 26.9 Å². The number of methoxy groups -OCH3 is 1. The Morgan fingerprint density at radius 1 is 1.35 bits per heavy atom. The summed E-state index contributed by atoms with van der Waals surface area (Å²) in [5, 5.41) is 9.42. The smallest absolute Gasteiger partial charge is 0.338 e. The normalized spacial score (nSPS) is 15.4. The molecule has 0 spiro atoms. The largest absolute Gasteiger partial charge is 0.457 e. The Balaban J connectivity index is 2.16. The SMILES string of the molecule is [2H]C([3H])OC[C@H](CO)O[C@H](COC(=O)c1ccccc1)n1ccc(=O)[nH]c1=O. The summed E-state index contributed by atoms with van der Waals surface area (Å²) in [6.07, 6.45) is -1.03. The number of nitrogens with zero attached hydrogens (tertiary/aromatic N) is 1. The van der Waals surface area contributed by atoms with Gasteiger partial charge in [0.05, 0.1) is 21.5 Å². The van der Waals surface area contributed by atoms with Crippen molar-refractivity contribution in [1.29, 1.82) is 0 Å². The number of aliphatic hydroxyl groups is 1. The second-order valence-electron chi connectivity index (χ2n) is 5.21. The first-order chi connectivity index (χ1) is 13.4. The molecule has 0 saturated heterocycles. The summed E-state index contributed by atoms with van der Waals surface area (Å²) in [7, 11) is -1.58. The molecular formula is C17H20N2O7. The number of carbonyl (C=O) groups excluding carboxylic acids is 1. The van der Waals surface area contributed by atoms with E-state index in [-0.39, 0.29) is 6.61 Å². The summed E-state index contributed by atoms with van der Waals surface area (Å²) in [6.45, 7) is -1.23. The number of hydrogen-bond acceptors (Lipinski definition) is 7. The van der Waals surface area contributed by atoms with Crippen LogP contribution < -0.4 is 11.2 Å². The van der Waals surface area contributed by atoms with E-state index in [2.05, 4.69) is 4.98 Å². The lowest BCUT2D eigenvalue weighted by molar-refractivity contribution is -0.120. The van der Waals surface area contributed by atoms with Gasteiger partial charge in [0.15, 0.2) is 6.23 Å². The fourth-order valence-electron chi connectivity index (χ4n) is 2.11.